The van der Waals surface area contributed by atoms with Crippen molar-refractivity contribution in [2.75, 3.05) is 6.61 Å². The molecule has 2 aromatic carbocycles. The lowest BCUT2D eigenvalue weighted by Gasteiger charge is -2.05. The molecule has 0 heterocycles. The number of carbonyl (C=O) groups excluding carboxylic acids is 1. The second-order valence-electron chi connectivity index (χ2n) is 4.77. The highest BCUT2D eigenvalue weighted by atomic mass is 35.5. The number of ether oxygens (including phenoxy) is 1. The molecule has 0 atom stereocenters. The molecule has 118 valence electrons. The molecule has 0 aliphatic rings. The quantitative estimate of drug-likeness (QED) is 0.613. The summed E-state index contributed by atoms with van der Waals surface area (Å²) in [6, 6.07) is 13.8. The largest absolute Gasteiger partial charge is 0.493 e. The second-order valence-corrected chi connectivity index (χ2v) is 5.21. The summed E-state index contributed by atoms with van der Waals surface area (Å²) < 4.78 is 5.35. The number of aliphatic carboxylic acids is 1. The Labute approximate surface area is 139 Å². The van der Waals surface area contributed by atoms with E-state index in [2.05, 4.69) is 0 Å². The molecule has 2 rings (SSSR count). The lowest BCUT2D eigenvalue weighted by Crippen LogP contribution is -2.04. The van der Waals surface area contributed by atoms with E-state index < -0.39 is 5.97 Å². The van der Waals surface area contributed by atoms with Crippen LogP contribution in [0.4, 0.5) is 0 Å². The van der Waals surface area contributed by atoms with Gasteiger partial charge in [-0.25, -0.2) is 0 Å². The highest BCUT2D eigenvalue weighted by Gasteiger charge is 2.03. The van der Waals surface area contributed by atoms with Crippen molar-refractivity contribution in [2.24, 2.45) is 0 Å². The maximum absolute atomic E-state index is 12.1. The van der Waals surface area contributed by atoms with Crippen molar-refractivity contribution in [3.63, 3.8) is 0 Å². The van der Waals surface area contributed by atoms with Gasteiger partial charge in [0.25, 0.3) is 0 Å². The standard InChI is InChI=1S/C18H15ClO4/c19-15-5-2-4-14(12-15)17(20)8-7-13-3-1-6-16(11-13)23-10-9-18(21)22/h1-8,11-12H,9-10H2,(H,21,22)/b8-7+. The minimum absolute atomic E-state index is 0.0622. The molecule has 23 heavy (non-hydrogen) atoms. The van der Waals surface area contributed by atoms with E-state index in [0.29, 0.717) is 16.3 Å². The van der Waals surface area contributed by atoms with E-state index in [4.69, 9.17) is 21.4 Å². The number of ketones is 1. The number of carboxylic acids is 1. The number of halogens is 1. The van der Waals surface area contributed by atoms with Crippen LogP contribution in [0, 0.1) is 0 Å². The van der Waals surface area contributed by atoms with Crippen LogP contribution in [0.25, 0.3) is 6.08 Å². The number of hydrogen-bond acceptors (Lipinski definition) is 3. The van der Waals surface area contributed by atoms with E-state index in [-0.39, 0.29) is 18.8 Å². The van der Waals surface area contributed by atoms with Crippen LogP contribution in [-0.4, -0.2) is 23.5 Å². The summed E-state index contributed by atoms with van der Waals surface area (Å²) >= 11 is 5.86. The average Bonchev–Trinajstić information content (AvgIpc) is 2.52. The van der Waals surface area contributed by atoms with E-state index in [1.165, 1.54) is 6.08 Å². The van der Waals surface area contributed by atoms with Gasteiger partial charge in [0.05, 0.1) is 13.0 Å². The van der Waals surface area contributed by atoms with Crippen LogP contribution in [0.1, 0.15) is 22.3 Å². The van der Waals surface area contributed by atoms with Crippen molar-refractivity contribution in [2.45, 2.75) is 6.42 Å². The zero-order chi connectivity index (χ0) is 16.7. The molecule has 0 saturated heterocycles. The third-order valence-electron chi connectivity index (χ3n) is 2.98. The fourth-order valence-electron chi connectivity index (χ4n) is 1.87. The summed E-state index contributed by atoms with van der Waals surface area (Å²) in [5.41, 5.74) is 1.30. The molecule has 0 saturated carbocycles. The van der Waals surface area contributed by atoms with E-state index in [9.17, 15) is 9.59 Å². The predicted molar refractivity (Wildman–Crippen MR) is 89.0 cm³/mol. The highest BCUT2D eigenvalue weighted by Crippen LogP contribution is 2.16. The van der Waals surface area contributed by atoms with Crippen LogP contribution in [0.15, 0.2) is 54.6 Å². The summed E-state index contributed by atoms with van der Waals surface area (Å²) in [4.78, 5) is 22.5. The van der Waals surface area contributed by atoms with Gasteiger partial charge < -0.3 is 9.84 Å². The van der Waals surface area contributed by atoms with Crippen LogP contribution in [0.5, 0.6) is 5.75 Å². The summed E-state index contributed by atoms with van der Waals surface area (Å²) in [5, 5.41) is 9.09. The maximum atomic E-state index is 12.1. The molecule has 0 unspecified atom stereocenters. The van der Waals surface area contributed by atoms with E-state index in [1.807, 2.05) is 6.07 Å². The molecule has 0 spiro atoms. The van der Waals surface area contributed by atoms with Crippen molar-refractivity contribution in [3.05, 3.63) is 70.8 Å². The topological polar surface area (TPSA) is 63.6 Å². The Morgan fingerprint density at radius 2 is 1.91 bits per heavy atom. The van der Waals surface area contributed by atoms with Crippen molar-refractivity contribution < 1.29 is 19.4 Å². The molecule has 0 aliphatic carbocycles. The molecule has 0 radical (unpaired) electrons. The van der Waals surface area contributed by atoms with Gasteiger partial charge in [-0.15, -0.1) is 0 Å². The maximum Gasteiger partial charge on any atom is 0.306 e. The Bertz CT molecular complexity index is 737. The Morgan fingerprint density at radius 3 is 2.65 bits per heavy atom. The molecule has 0 amide bonds. The van der Waals surface area contributed by atoms with Gasteiger partial charge in [-0.2, -0.15) is 0 Å². The SMILES string of the molecule is O=C(O)CCOc1cccc(/C=C/C(=O)c2cccc(Cl)c2)c1. The molecule has 5 heteroatoms. The van der Waals surface area contributed by atoms with E-state index >= 15 is 0 Å². The van der Waals surface area contributed by atoms with E-state index in [1.54, 1.807) is 48.5 Å². The number of allylic oxidation sites excluding steroid dienone is 1. The van der Waals surface area contributed by atoms with E-state index in [0.717, 1.165) is 5.56 Å². The Hall–Kier alpha value is -2.59. The minimum Gasteiger partial charge on any atom is -0.493 e. The molecule has 4 nitrogen and oxygen atoms in total. The molecule has 0 aliphatic heterocycles. The van der Waals surface area contributed by atoms with Gasteiger partial charge in [0.15, 0.2) is 5.78 Å². The fraction of sp³-hybridized carbons (Fsp3) is 0.111. The predicted octanol–water partition coefficient (Wildman–Crippen LogP) is 4.09. The van der Waals surface area contributed by atoms with Crippen molar-refractivity contribution in [3.8, 4) is 5.75 Å². The highest BCUT2D eigenvalue weighted by molar-refractivity contribution is 6.31. The van der Waals surface area contributed by atoms with Crippen molar-refractivity contribution in [1.82, 2.24) is 0 Å². The summed E-state index contributed by atoms with van der Waals surface area (Å²) in [7, 11) is 0. The zero-order valence-electron chi connectivity index (χ0n) is 12.2. The first-order chi connectivity index (χ1) is 11.0. The average molecular weight is 331 g/mol. The third kappa shape index (κ3) is 5.60. The summed E-state index contributed by atoms with van der Waals surface area (Å²) in [6.45, 7) is 0.101. The number of benzene rings is 2. The van der Waals surface area contributed by atoms with Crippen molar-refractivity contribution >= 4 is 29.4 Å². The van der Waals surface area contributed by atoms with Crippen LogP contribution in [0.2, 0.25) is 5.02 Å². The smallest absolute Gasteiger partial charge is 0.306 e. The van der Waals surface area contributed by atoms with Gasteiger partial charge in [0.2, 0.25) is 0 Å². The molecular formula is C18H15ClO4. The Morgan fingerprint density at radius 1 is 1.13 bits per heavy atom. The molecule has 0 bridgehead atoms. The lowest BCUT2D eigenvalue weighted by molar-refractivity contribution is -0.137. The van der Waals surface area contributed by atoms with Gasteiger partial charge in [0.1, 0.15) is 5.75 Å². The third-order valence-corrected chi connectivity index (χ3v) is 3.21. The van der Waals surface area contributed by atoms with Crippen LogP contribution >= 0.6 is 11.6 Å². The lowest BCUT2D eigenvalue weighted by atomic mass is 10.1. The van der Waals surface area contributed by atoms with Gasteiger partial charge >= 0.3 is 5.97 Å². The Kier molecular flexibility index (Phi) is 5.94. The minimum atomic E-state index is -0.909. The first-order valence-electron chi connectivity index (χ1n) is 6.97. The van der Waals surface area contributed by atoms with Crippen molar-refractivity contribution in [1.29, 1.82) is 0 Å². The number of hydrogen-bond donors (Lipinski definition) is 1. The molecule has 0 fully saturated rings. The van der Waals surface area contributed by atoms with Gasteiger partial charge in [0, 0.05) is 10.6 Å². The molecule has 2 aromatic rings. The fourth-order valence-corrected chi connectivity index (χ4v) is 2.06. The van der Waals surface area contributed by atoms with Crippen LogP contribution in [0.3, 0.4) is 0 Å². The molecular weight excluding hydrogens is 316 g/mol. The summed E-state index contributed by atoms with van der Waals surface area (Å²) in [5.74, 6) is -0.499. The van der Waals surface area contributed by atoms with Gasteiger partial charge in [-0.1, -0.05) is 41.9 Å². The monoisotopic (exact) mass is 330 g/mol. The normalized spacial score (nSPS) is 10.7. The first-order valence-corrected chi connectivity index (χ1v) is 7.35. The zero-order valence-corrected chi connectivity index (χ0v) is 13.0. The number of rotatable bonds is 7. The van der Waals surface area contributed by atoms with Gasteiger partial charge in [-0.3, -0.25) is 9.59 Å². The number of carbonyl (C=O) groups is 2. The summed E-state index contributed by atoms with van der Waals surface area (Å²) in [6.07, 6.45) is 3.07. The molecule has 1 N–H and O–H groups in total. The first kappa shape index (κ1) is 16.8. The van der Waals surface area contributed by atoms with Crippen LogP contribution in [-0.2, 0) is 4.79 Å². The Balaban J connectivity index is 2.02. The molecule has 0 aromatic heterocycles. The number of carboxylic acid groups (broad SMARTS) is 1. The second kappa shape index (κ2) is 8.15. The van der Waals surface area contributed by atoms with Crippen LogP contribution < -0.4 is 4.74 Å². The van der Waals surface area contributed by atoms with Gasteiger partial charge in [-0.05, 0) is 35.9 Å².